The molecule has 1 aliphatic carbocycles. The van der Waals surface area contributed by atoms with Crippen LogP contribution in [0.3, 0.4) is 0 Å². The van der Waals surface area contributed by atoms with Crippen LogP contribution in [0.25, 0.3) is 22.4 Å². The highest BCUT2D eigenvalue weighted by Crippen LogP contribution is 2.25. The van der Waals surface area contributed by atoms with Crippen LogP contribution in [0.4, 0.5) is 0 Å². The predicted molar refractivity (Wildman–Crippen MR) is 99.9 cm³/mol. The van der Waals surface area contributed by atoms with Gasteiger partial charge in [0, 0.05) is 18.2 Å². The lowest BCUT2D eigenvalue weighted by Crippen LogP contribution is -2.32. The van der Waals surface area contributed by atoms with Crippen LogP contribution in [0.2, 0.25) is 0 Å². The number of hydrogen-bond donors (Lipinski definition) is 1. The van der Waals surface area contributed by atoms with Crippen LogP contribution in [-0.2, 0) is 6.54 Å². The standard InChI is InChI=1S/C21H25N3/c1-24(18-10-3-2-4-11-18)15-16-8-7-9-17(14-16)21-22-19-12-5-6-13-20(19)23-21/h5-9,12-14,18H,2-4,10-11,15H2,1H3,(H,22,23). The molecule has 0 saturated heterocycles. The van der Waals surface area contributed by atoms with Crippen LogP contribution < -0.4 is 0 Å². The van der Waals surface area contributed by atoms with E-state index >= 15 is 0 Å². The number of para-hydroxylation sites is 2. The summed E-state index contributed by atoms with van der Waals surface area (Å²) >= 11 is 0. The van der Waals surface area contributed by atoms with Gasteiger partial charge >= 0.3 is 0 Å². The van der Waals surface area contributed by atoms with Crippen molar-refractivity contribution in [2.45, 2.75) is 44.7 Å². The molecule has 2 aromatic carbocycles. The molecule has 1 aliphatic rings. The first-order valence-electron chi connectivity index (χ1n) is 9.04. The predicted octanol–water partition coefficient (Wildman–Crippen LogP) is 4.99. The number of hydrogen-bond acceptors (Lipinski definition) is 2. The second kappa shape index (κ2) is 6.78. The Labute approximate surface area is 143 Å². The van der Waals surface area contributed by atoms with E-state index in [4.69, 9.17) is 4.98 Å². The van der Waals surface area contributed by atoms with Gasteiger partial charge in [0.25, 0.3) is 0 Å². The zero-order valence-corrected chi connectivity index (χ0v) is 14.3. The third-order valence-electron chi connectivity index (χ3n) is 5.22. The maximum absolute atomic E-state index is 4.72. The Kier molecular flexibility index (Phi) is 4.35. The van der Waals surface area contributed by atoms with E-state index in [0.29, 0.717) is 0 Å². The molecule has 3 aromatic rings. The number of nitrogens with one attached hydrogen (secondary N) is 1. The number of fused-ring (bicyclic) bond motifs is 1. The molecule has 1 fully saturated rings. The summed E-state index contributed by atoms with van der Waals surface area (Å²) in [6.07, 6.45) is 6.87. The molecule has 124 valence electrons. The van der Waals surface area contributed by atoms with Crippen molar-refractivity contribution in [2.24, 2.45) is 0 Å². The summed E-state index contributed by atoms with van der Waals surface area (Å²) in [6.45, 7) is 1.01. The van der Waals surface area contributed by atoms with Gasteiger partial charge in [0.05, 0.1) is 11.0 Å². The average molecular weight is 319 g/mol. The maximum Gasteiger partial charge on any atom is 0.138 e. The van der Waals surface area contributed by atoms with Crippen molar-refractivity contribution in [2.75, 3.05) is 7.05 Å². The minimum Gasteiger partial charge on any atom is -0.338 e. The fraction of sp³-hybridized carbons (Fsp3) is 0.381. The molecule has 1 N–H and O–H groups in total. The van der Waals surface area contributed by atoms with E-state index in [1.165, 1.54) is 43.2 Å². The Morgan fingerprint density at radius 1 is 1.04 bits per heavy atom. The summed E-state index contributed by atoms with van der Waals surface area (Å²) in [7, 11) is 2.27. The zero-order chi connectivity index (χ0) is 16.4. The molecule has 0 unspecified atom stereocenters. The van der Waals surface area contributed by atoms with Crippen LogP contribution >= 0.6 is 0 Å². The van der Waals surface area contributed by atoms with Crippen molar-refractivity contribution in [1.82, 2.24) is 14.9 Å². The molecule has 0 bridgehead atoms. The fourth-order valence-electron chi connectivity index (χ4n) is 3.85. The summed E-state index contributed by atoms with van der Waals surface area (Å²) in [5, 5.41) is 0. The molecule has 0 amide bonds. The SMILES string of the molecule is CN(Cc1cccc(-c2nc3ccccc3[nH]2)c1)C1CCCCC1. The first kappa shape index (κ1) is 15.4. The van der Waals surface area contributed by atoms with E-state index in [9.17, 15) is 0 Å². The van der Waals surface area contributed by atoms with Gasteiger partial charge in [0.15, 0.2) is 0 Å². The molecular weight excluding hydrogens is 294 g/mol. The molecule has 0 aliphatic heterocycles. The molecule has 0 spiro atoms. The van der Waals surface area contributed by atoms with E-state index in [1.54, 1.807) is 0 Å². The number of benzene rings is 2. The minimum atomic E-state index is 0.744. The summed E-state index contributed by atoms with van der Waals surface area (Å²) in [5.74, 6) is 0.957. The molecule has 4 rings (SSSR count). The quantitative estimate of drug-likeness (QED) is 0.734. The van der Waals surface area contributed by atoms with Crippen LogP contribution in [0.15, 0.2) is 48.5 Å². The number of rotatable bonds is 4. The lowest BCUT2D eigenvalue weighted by atomic mass is 9.94. The Morgan fingerprint density at radius 3 is 2.71 bits per heavy atom. The topological polar surface area (TPSA) is 31.9 Å². The number of nitrogens with zero attached hydrogens (tertiary/aromatic N) is 2. The maximum atomic E-state index is 4.72. The molecule has 1 aromatic heterocycles. The van der Waals surface area contributed by atoms with Crippen molar-refractivity contribution in [3.8, 4) is 11.4 Å². The summed E-state index contributed by atoms with van der Waals surface area (Å²) < 4.78 is 0. The number of H-pyrrole nitrogens is 1. The van der Waals surface area contributed by atoms with E-state index in [-0.39, 0.29) is 0 Å². The van der Waals surface area contributed by atoms with Crippen molar-refractivity contribution < 1.29 is 0 Å². The third-order valence-corrected chi connectivity index (χ3v) is 5.22. The van der Waals surface area contributed by atoms with Gasteiger partial charge in [0.2, 0.25) is 0 Å². The monoisotopic (exact) mass is 319 g/mol. The number of aromatic nitrogens is 2. The van der Waals surface area contributed by atoms with Gasteiger partial charge in [-0.3, -0.25) is 4.90 Å². The fourth-order valence-corrected chi connectivity index (χ4v) is 3.85. The second-order valence-electron chi connectivity index (χ2n) is 7.01. The van der Waals surface area contributed by atoms with Crippen molar-refractivity contribution >= 4 is 11.0 Å². The Hall–Kier alpha value is -2.13. The van der Waals surface area contributed by atoms with Gasteiger partial charge in [0.1, 0.15) is 5.82 Å². The molecular formula is C21H25N3. The average Bonchev–Trinajstić information content (AvgIpc) is 3.07. The molecule has 1 heterocycles. The zero-order valence-electron chi connectivity index (χ0n) is 14.3. The molecule has 3 nitrogen and oxygen atoms in total. The Balaban J connectivity index is 1.54. The van der Waals surface area contributed by atoms with Crippen LogP contribution in [0.5, 0.6) is 0 Å². The van der Waals surface area contributed by atoms with Crippen molar-refractivity contribution in [3.63, 3.8) is 0 Å². The van der Waals surface area contributed by atoms with Crippen molar-refractivity contribution in [1.29, 1.82) is 0 Å². The molecule has 1 saturated carbocycles. The highest BCUT2D eigenvalue weighted by Gasteiger charge is 2.18. The summed E-state index contributed by atoms with van der Waals surface area (Å²) in [6, 6.07) is 17.7. The second-order valence-corrected chi connectivity index (χ2v) is 7.01. The lowest BCUT2D eigenvalue weighted by molar-refractivity contribution is 0.184. The Morgan fingerprint density at radius 2 is 1.88 bits per heavy atom. The van der Waals surface area contributed by atoms with Gasteiger partial charge in [-0.15, -0.1) is 0 Å². The van der Waals surface area contributed by atoms with E-state index in [2.05, 4.69) is 53.3 Å². The van der Waals surface area contributed by atoms with Crippen LogP contribution in [-0.4, -0.2) is 28.0 Å². The van der Waals surface area contributed by atoms with E-state index < -0.39 is 0 Å². The number of aromatic amines is 1. The van der Waals surface area contributed by atoms with Gasteiger partial charge in [-0.25, -0.2) is 4.98 Å². The lowest BCUT2D eigenvalue weighted by Gasteiger charge is -2.31. The normalized spacial score (nSPS) is 16.1. The smallest absolute Gasteiger partial charge is 0.138 e. The van der Waals surface area contributed by atoms with Crippen LogP contribution in [0.1, 0.15) is 37.7 Å². The molecule has 24 heavy (non-hydrogen) atoms. The highest BCUT2D eigenvalue weighted by molar-refractivity contribution is 5.79. The summed E-state index contributed by atoms with van der Waals surface area (Å²) in [5.41, 5.74) is 4.65. The Bertz CT molecular complexity index is 782. The summed E-state index contributed by atoms with van der Waals surface area (Å²) in [4.78, 5) is 10.7. The van der Waals surface area contributed by atoms with Gasteiger partial charge < -0.3 is 4.98 Å². The first-order valence-corrected chi connectivity index (χ1v) is 9.04. The van der Waals surface area contributed by atoms with Crippen LogP contribution in [0, 0.1) is 0 Å². The van der Waals surface area contributed by atoms with Gasteiger partial charge in [-0.05, 0) is 43.7 Å². The molecule has 3 heteroatoms. The number of imidazole rings is 1. The van der Waals surface area contributed by atoms with Gasteiger partial charge in [-0.2, -0.15) is 0 Å². The first-order chi connectivity index (χ1) is 11.8. The molecule has 0 atom stereocenters. The van der Waals surface area contributed by atoms with E-state index in [1.807, 2.05) is 12.1 Å². The largest absolute Gasteiger partial charge is 0.338 e. The third kappa shape index (κ3) is 3.22. The van der Waals surface area contributed by atoms with Gasteiger partial charge in [-0.1, -0.05) is 49.6 Å². The highest BCUT2D eigenvalue weighted by atomic mass is 15.1. The minimum absolute atomic E-state index is 0.744. The molecule has 0 radical (unpaired) electrons. The van der Waals surface area contributed by atoms with E-state index in [0.717, 1.165) is 29.4 Å². The van der Waals surface area contributed by atoms with Crippen molar-refractivity contribution in [3.05, 3.63) is 54.1 Å².